The summed E-state index contributed by atoms with van der Waals surface area (Å²) in [6.45, 7) is 1.86. The number of anilines is 1. The summed E-state index contributed by atoms with van der Waals surface area (Å²) in [4.78, 5) is 16.6. The number of aromatic nitrogens is 3. The van der Waals surface area contributed by atoms with E-state index < -0.39 is 0 Å². The predicted molar refractivity (Wildman–Crippen MR) is 85.1 cm³/mol. The Kier molecular flexibility index (Phi) is 4.20. The van der Waals surface area contributed by atoms with E-state index in [2.05, 4.69) is 20.5 Å². The predicted octanol–water partition coefficient (Wildman–Crippen LogP) is 2.24. The summed E-state index contributed by atoms with van der Waals surface area (Å²) >= 11 is 0. The maximum absolute atomic E-state index is 12.3. The summed E-state index contributed by atoms with van der Waals surface area (Å²) < 4.78 is 0. The molecule has 6 nitrogen and oxygen atoms in total. The van der Waals surface area contributed by atoms with Gasteiger partial charge in [0.2, 0.25) is 5.91 Å². The van der Waals surface area contributed by atoms with Gasteiger partial charge < -0.3 is 11.1 Å². The molecule has 3 rings (SSSR count). The normalized spacial score (nSPS) is 21.5. The number of rotatable bonds is 3. The SMILES string of the molecule is Cc1nc(-c2ccc(NC(=O)C3CCCC(N)C3)cc2)n[nH]1. The van der Waals surface area contributed by atoms with Crippen molar-refractivity contribution >= 4 is 11.6 Å². The number of nitrogens with one attached hydrogen (secondary N) is 2. The maximum Gasteiger partial charge on any atom is 0.227 e. The number of carbonyl (C=O) groups excluding carboxylic acids is 1. The molecule has 2 aromatic rings. The Morgan fingerprint density at radius 2 is 2.09 bits per heavy atom. The molecule has 0 saturated heterocycles. The van der Waals surface area contributed by atoms with Gasteiger partial charge in [-0.05, 0) is 50.5 Å². The van der Waals surface area contributed by atoms with Crippen molar-refractivity contribution in [2.75, 3.05) is 5.32 Å². The number of hydrogen-bond donors (Lipinski definition) is 3. The molecule has 116 valence electrons. The van der Waals surface area contributed by atoms with Gasteiger partial charge in [0, 0.05) is 23.2 Å². The molecule has 6 heteroatoms. The van der Waals surface area contributed by atoms with Crippen molar-refractivity contribution in [2.45, 2.75) is 38.6 Å². The summed E-state index contributed by atoms with van der Waals surface area (Å²) in [7, 11) is 0. The molecule has 1 aromatic heterocycles. The fourth-order valence-corrected chi connectivity index (χ4v) is 2.88. The number of hydrogen-bond acceptors (Lipinski definition) is 4. The second-order valence-electron chi connectivity index (χ2n) is 5.93. The molecule has 0 spiro atoms. The third-order valence-electron chi connectivity index (χ3n) is 4.09. The number of benzene rings is 1. The van der Waals surface area contributed by atoms with Gasteiger partial charge >= 0.3 is 0 Å². The van der Waals surface area contributed by atoms with Crippen LogP contribution in [0.15, 0.2) is 24.3 Å². The summed E-state index contributed by atoms with van der Waals surface area (Å²) in [6, 6.07) is 7.72. The second-order valence-corrected chi connectivity index (χ2v) is 5.93. The first-order chi connectivity index (χ1) is 10.6. The van der Waals surface area contributed by atoms with Gasteiger partial charge in [-0.3, -0.25) is 9.89 Å². The van der Waals surface area contributed by atoms with E-state index in [1.54, 1.807) is 0 Å². The van der Waals surface area contributed by atoms with E-state index in [0.717, 1.165) is 42.8 Å². The average molecular weight is 299 g/mol. The van der Waals surface area contributed by atoms with Gasteiger partial charge in [0.05, 0.1) is 0 Å². The lowest BCUT2D eigenvalue weighted by molar-refractivity contribution is -0.120. The standard InChI is InChI=1S/C16H21N5O/c1-10-18-15(21-20-10)11-5-7-14(8-6-11)19-16(22)12-3-2-4-13(17)9-12/h5-8,12-13H,2-4,9,17H2,1H3,(H,19,22)(H,18,20,21). The van der Waals surface area contributed by atoms with Gasteiger partial charge in [-0.1, -0.05) is 6.42 Å². The Morgan fingerprint density at radius 1 is 1.32 bits per heavy atom. The molecule has 4 N–H and O–H groups in total. The molecule has 1 aliphatic carbocycles. The molecule has 1 heterocycles. The quantitative estimate of drug-likeness (QED) is 0.809. The Hall–Kier alpha value is -2.21. The van der Waals surface area contributed by atoms with Gasteiger partial charge in [0.15, 0.2) is 5.82 Å². The molecule has 1 saturated carbocycles. The van der Waals surface area contributed by atoms with Crippen LogP contribution in [0.1, 0.15) is 31.5 Å². The van der Waals surface area contributed by atoms with Crippen molar-refractivity contribution in [3.63, 3.8) is 0 Å². The molecule has 2 unspecified atom stereocenters. The van der Waals surface area contributed by atoms with E-state index >= 15 is 0 Å². The average Bonchev–Trinajstić information content (AvgIpc) is 2.94. The number of nitrogens with zero attached hydrogens (tertiary/aromatic N) is 2. The zero-order chi connectivity index (χ0) is 15.5. The van der Waals surface area contributed by atoms with E-state index in [1.165, 1.54) is 0 Å². The summed E-state index contributed by atoms with van der Waals surface area (Å²) in [5, 5.41) is 9.91. The van der Waals surface area contributed by atoms with Crippen LogP contribution in [-0.2, 0) is 4.79 Å². The molecule has 22 heavy (non-hydrogen) atoms. The molecule has 0 radical (unpaired) electrons. The Balaban J connectivity index is 1.64. The number of H-pyrrole nitrogens is 1. The van der Waals surface area contributed by atoms with Crippen LogP contribution in [0.2, 0.25) is 0 Å². The van der Waals surface area contributed by atoms with Gasteiger partial charge in [-0.2, -0.15) is 5.10 Å². The van der Waals surface area contributed by atoms with Crippen molar-refractivity contribution in [3.8, 4) is 11.4 Å². The highest BCUT2D eigenvalue weighted by atomic mass is 16.1. The van der Waals surface area contributed by atoms with Gasteiger partial charge in [0.25, 0.3) is 0 Å². The second kappa shape index (κ2) is 6.27. The number of amides is 1. The number of aryl methyl sites for hydroxylation is 1. The van der Waals surface area contributed by atoms with E-state index in [1.807, 2.05) is 31.2 Å². The van der Waals surface area contributed by atoms with Crippen LogP contribution in [-0.4, -0.2) is 27.1 Å². The lowest BCUT2D eigenvalue weighted by Gasteiger charge is -2.25. The molecule has 1 amide bonds. The van der Waals surface area contributed by atoms with E-state index in [-0.39, 0.29) is 17.9 Å². The minimum Gasteiger partial charge on any atom is -0.328 e. The van der Waals surface area contributed by atoms with Crippen LogP contribution in [0.3, 0.4) is 0 Å². The molecule has 1 fully saturated rings. The summed E-state index contributed by atoms with van der Waals surface area (Å²) in [6.07, 6.45) is 3.76. The first-order valence-corrected chi connectivity index (χ1v) is 7.67. The topological polar surface area (TPSA) is 96.7 Å². The molecule has 2 atom stereocenters. The fraction of sp³-hybridized carbons (Fsp3) is 0.438. The highest BCUT2D eigenvalue weighted by Gasteiger charge is 2.25. The van der Waals surface area contributed by atoms with E-state index in [9.17, 15) is 4.79 Å². The van der Waals surface area contributed by atoms with Crippen LogP contribution in [0, 0.1) is 12.8 Å². The largest absolute Gasteiger partial charge is 0.328 e. The highest BCUT2D eigenvalue weighted by molar-refractivity contribution is 5.92. The summed E-state index contributed by atoms with van der Waals surface area (Å²) in [5.74, 6) is 1.53. The molecule has 0 bridgehead atoms. The van der Waals surface area contributed by atoms with Crippen molar-refractivity contribution in [3.05, 3.63) is 30.1 Å². The van der Waals surface area contributed by atoms with Crippen molar-refractivity contribution < 1.29 is 4.79 Å². The van der Waals surface area contributed by atoms with Gasteiger partial charge in [0.1, 0.15) is 5.82 Å². The summed E-state index contributed by atoms with van der Waals surface area (Å²) in [5.41, 5.74) is 7.66. The van der Waals surface area contributed by atoms with Crippen LogP contribution >= 0.6 is 0 Å². The Bertz CT molecular complexity index is 649. The van der Waals surface area contributed by atoms with Gasteiger partial charge in [-0.25, -0.2) is 4.98 Å². The third-order valence-corrected chi connectivity index (χ3v) is 4.09. The van der Waals surface area contributed by atoms with E-state index in [4.69, 9.17) is 5.73 Å². The monoisotopic (exact) mass is 299 g/mol. The van der Waals surface area contributed by atoms with E-state index in [0.29, 0.717) is 5.82 Å². The smallest absolute Gasteiger partial charge is 0.227 e. The van der Waals surface area contributed by atoms with Crippen LogP contribution in [0.25, 0.3) is 11.4 Å². The molecule has 0 aliphatic heterocycles. The highest BCUT2D eigenvalue weighted by Crippen LogP contribution is 2.25. The van der Waals surface area contributed by atoms with Crippen molar-refractivity contribution in [1.29, 1.82) is 0 Å². The van der Waals surface area contributed by atoms with Crippen molar-refractivity contribution in [1.82, 2.24) is 15.2 Å². The van der Waals surface area contributed by atoms with Crippen LogP contribution < -0.4 is 11.1 Å². The Morgan fingerprint density at radius 3 is 2.73 bits per heavy atom. The number of nitrogens with two attached hydrogens (primary N) is 1. The van der Waals surface area contributed by atoms with Gasteiger partial charge in [-0.15, -0.1) is 0 Å². The fourth-order valence-electron chi connectivity index (χ4n) is 2.88. The number of aromatic amines is 1. The van der Waals surface area contributed by atoms with Crippen LogP contribution in [0.4, 0.5) is 5.69 Å². The first kappa shape index (κ1) is 14.7. The Labute approximate surface area is 129 Å². The zero-order valence-electron chi connectivity index (χ0n) is 12.7. The molecular weight excluding hydrogens is 278 g/mol. The molecule has 1 aliphatic rings. The zero-order valence-corrected chi connectivity index (χ0v) is 12.7. The minimum atomic E-state index is 0.0269. The van der Waals surface area contributed by atoms with Crippen LogP contribution in [0.5, 0.6) is 0 Å². The molecular formula is C16H21N5O. The lowest BCUT2D eigenvalue weighted by Crippen LogP contribution is -2.34. The third kappa shape index (κ3) is 3.33. The number of carbonyl (C=O) groups is 1. The minimum absolute atomic E-state index is 0.0269. The maximum atomic E-state index is 12.3. The van der Waals surface area contributed by atoms with Crippen molar-refractivity contribution in [2.24, 2.45) is 11.7 Å². The first-order valence-electron chi connectivity index (χ1n) is 7.67. The molecule has 1 aromatic carbocycles. The lowest BCUT2D eigenvalue weighted by atomic mass is 9.85.